The van der Waals surface area contributed by atoms with Gasteiger partial charge in [-0.25, -0.2) is 0 Å². The van der Waals surface area contributed by atoms with E-state index >= 15 is 0 Å². The van der Waals surface area contributed by atoms with Crippen LogP contribution in [0.3, 0.4) is 0 Å². The number of aromatic nitrogens is 2. The van der Waals surface area contributed by atoms with Gasteiger partial charge in [0.1, 0.15) is 0 Å². The summed E-state index contributed by atoms with van der Waals surface area (Å²) in [6.07, 6.45) is 2.77. The number of nitrogens with zero attached hydrogens (tertiary/aromatic N) is 2. The molecular weight excluding hydrogens is 202 g/mol. The molecular formula is C12H23N3O. The SMILES string of the molecule is Cc1c(C(C)NCC(C)CCO)cnn1C. The maximum absolute atomic E-state index is 8.83. The third-order valence-corrected chi connectivity index (χ3v) is 3.13. The summed E-state index contributed by atoms with van der Waals surface area (Å²) in [6, 6.07) is 0.315. The minimum atomic E-state index is 0.267. The molecule has 0 aliphatic carbocycles. The monoisotopic (exact) mass is 225 g/mol. The highest BCUT2D eigenvalue weighted by Gasteiger charge is 2.12. The van der Waals surface area contributed by atoms with Gasteiger partial charge in [0.2, 0.25) is 0 Å². The topological polar surface area (TPSA) is 50.1 Å². The lowest BCUT2D eigenvalue weighted by Gasteiger charge is -2.17. The Labute approximate surface area is 97.7 Å². The van der Waals surface area contributed by atoms with Gasteiger partial charge in [-0.05, 0) is 32.7 Å². The highest BCUT2D eigenvalue weighted by Crippen LogP contribution is 2.16. The van der Waals surface area contributed by atoms with Crippen molar-refractivity contribution in [3.8, 4) is 0 Å². The zero-order chi connectivity index (χ0) is 12.1. The first-order chi connectivity index (χ1) is 7.56. The van der Waals surface area contributed by atoms with Crippen molar-refractivity contribution in [2.75, 3.05) is 13.2 Å². The highest BCUT2D eigenvalue weighted by atomic mass is 16.3. The lowest BCUT2D eigenvalue weighted by atomic mass is 10.1. The number of rotatable bonds is 6. The second kappa shape index (κ2) is 6.01. The Bertz CT molecular complexity index is 322. The van der Waals surface area contributed by atoms with Crippen LogP contribution in [-0.2, 0) is 7.05 Å². The summed E-state index contributed by atoms with van der Waals surface area (Å²) < 4.78 is 1.89. The third kappa shape index (κ3) is 3.32. The van der Waals surface area contributed by atoms with Crippen LogP contribution >= 0.6 is 0 Å². The zero-order valence-corrected chi connectivity index (χ0v) is 10.7. The molecule has 0 spiro atoms. The molecule has 0 saturated carbocycles. The molecule has 0 fully saturated rings. The standard InChI is InChI=1S/C12H23N3O/c1-9(5-6-16)7-13-10(2)12-8-14-15(4)11(12)3/h8-10,13,16H,5-7H2,1-4H3. The summed E-state index contributed by atoms with van der Waals surface area (Å²) in [6.45, 7) is 7.57. The van der Waals surface area contributed by atoms with Crippen LogP contribution in [0, 0.1) is 12.8 Å². The minimum Gasteiger partial charge on any atom is -0.396 e. The summed E-state index contributed by atoms with van der Waals surface area (Å²) in [7, 11) is 1.96. The zero-order valence-electron chi connectivity index (χ0n) is 10.7. The van der Waals surface area contributed by atoms with Gasteiger partial charge in [-0.1, -0.05) is 6.92 Å². The van der Waals surface area contributed by atoms with Gasteiger partial charge < -0.3 is 10.4 Å². The molecule has 0 radical (unpaired) electrons. The summed E-state index contributed by atoms with van der Waals surface area (Å²) in [5.41, 5.74) is 2.45. The number of hydrogen-bond donors (Lipinski definition) is 2. The van der Waals surface area contributed by atoms with Crippen molar-refractivity contribution in [1.29, 1.82) is 0 Å². The van der Waals surface area contributed by atoms with Crippen molar-refractivity contribution in [1.82, 2.24) is 15.1 Å². The quantitative estimate of drug-likeness (QED) is 0.769. The van der Waals surface area contributed by atoms with E-state index in [1.165, 1.54) is 11.3 Å². The molecule has 0 aliphatic heterocycles. The molecule has 4 heteroatoms. The van der Waals surface area contributed by atoms with E-state index in [0.29, 0.717) is 12.0 Å². The Morgan fingerprint density at radius 2 is 2.19 bits per heavy atom. The van der Waals surface area contributed by atoms with Crippen molar-refractivity contribution in [3.63, 3.8) is 0 Å². The van der Waals surface area contributed by atoms with Crippen LogP contribution in [0.1, 0.15) is 37.6 Å². The van der Waals surface area contributed by atoms with Crippen molar-refractivity contribution < 1.29 is 5.11 Å². The molecule has 0 bridgehead atoms. The van der Waals surface area contributed by atoms with Gasteiger partial charge in [0.25, 0.3) is 0 Å². The fourth-order valence-corrected chi connectivity index (χ4v) is 1.75. The Balaban J connectivity index is 2.46. The van der Waals surface area contributed by atoms with Crippen molar-refractivity contribution in [2.45, 2.75) is 33.2 Å². The summed E-state index contributed by atoms with van der Waals surface area (Å²) in [5, 5.41) is 16.5. The van der Waals surface area contributed by atoms with Crippen molar-refractivity contribution in [3.05, 3.63) is 17.5 Å². The molecule has 1 heterocycles. The van der Waals surface area contributed by atoms with Gasteiger partial charge in [-0.3, -0.25) is 4.68 Å². The molecule has 1 rings (SSSR count). The van der Waals surface area contributed by atoms with E-state index in [9.17, 15) is 0 Å². The molecule has 2 unspecified atom stereocenters. The first-order valence-electron chi connectivity index (χ1n) is 5.89. The van der Waals surface area contributed by atoms with Gasteiger partial charge in [0, 0.05) is 31.0 Å². The number of aryl methyl sites for hydroxylation is 1. The molecule has 2 N–H and O–H groups in total. The van der Waals surface area contributed by atoms with Crippen LogP contribution < -0.4 is 5.32 Å². The minimum absolute atomic E-state index is 0.267. The third-order valence-electron chi connectivity index (χ3n) is 3.13. The van der Waals surface area contributed by atoms with E-state index in [2.05, 4.69) is 31.2 Å². The van der Waals surface area contributed by atoms with Gasteiger partial charge >= 0.3 is 0 Å². The van der Waals surface area contributed by atoms with E-state index < -0.39 is 0 Å². The van der Waals surface area contributed by atoms with Gasteiger partial charge in [0.15, 0.2) is 0 Å². The number of aliphatic hydroxyl groups excluding tert-OH is 1. The first kappa shape index (κ1) is 13.2. The lowest BCUT2D eigenvalue weighted by Crippen LogP contribution is -2.25. The largest absolute Gasteiger partial charge is 0.396 e. The molecule has 92 valence electrons. The Kier molecular flexibility index (Phi) is 4.96. The first-order valence-corrected chi connectivity index (χ1v) is 5.89. The van der Waals surface area contributed by atoms with Crippen LogP contribution in [0.4, 0.5) is 0 Å². The van der Waals surface area contributed by atoms with Crippen LogP contribution in [0.5, 0.6) is 0 Å². The Morgan fingerprint density at radius 3 is 2.69 bits per heavy atom. The van der Waals surface area contributed by atoms with E-state index in [0.717, 1.165) is 13.0 Å². The number of aliphatic hydroxyl groups is 1. The molecule has 4 nitrogen and oxygen atoms in total. The van der Waals surface area contributed by atoms with E-state index in [1.54, 1.807) is 0 Å². The second-order valence-electron chi connectivity index (χ2n) is 4.56. The van der Waals surface area contributed by atoms with Crippen LogP contribution in [0.25, 0.3) is 0 Å². The van der Waals surface area contributed by atoms with Crippen LogP contribution in [-0.4, -0.2) is 28.0 Å². The summed E-state index contributed by atoms with van der Waals surface area (Å²) >= 11 is 0. The van der Waals surface area contributed by atoms with Gasteiger partial charge in [-0.15, -0.1) is 0 Å². The normalized spacial score (nSPS) is 15.1. The highest BCUT2D eigenvalue weighted by molar-refractivity contribution is 5.19. The van der Waals surface area contributed by atoms with E-state index in [4.69, 9.17) is 5.11 Å². The molecule has 0 aromatic carbocycles. The van der Waals surface area contributed by atoms with Crippen LogP contribution in [0.15, 0.2) is 6.20 Å². The summed E-state index contributed by atoms with van der Waals surface area (Å²) in [5.74, 6) is 0.504. The molecule has 1 aromatic heterocycles. The van der Waals surface area contributed by atoms with Crippen molar-refractivity contribution in [2.24, 2.45) is 13.0 Å². The molecule has 1 aromatic rings. The smallest absolute Gasteiger partial charge is 0.0540 e. The maximum Gasteiger partial charge on any atom is 0.0540 e. The second-order valence-corrected chi connectivity index (χ2v) is 4.56. The molecule has 0 aliphatic rings. The fourth-order valence-electron chi connectivity index (χ4n) is 1.75. The maximum atomic E-state index is 8.83. The molecule has 0 amide bonds. The number of nitrogens with one attached hydrogen (secondary N) is 1. The molecule has 0 saturated heterocycles. The van der Waals surface area contributed by atoms with E-state index in [1.807, 2.05) is 17.9 Å². The Hall–Kier alpha value is -0.870. The average molecular weight is 225 g/mol. The van der Waals surface area contributed by atoms with E-state index in [-0.39, 0.29) is 6.61 Å². The fraction of sp³-hybridized carbons (Fsp3) is 0.750. The predicted molar refractivity (Wildman–Crippen MR) is 65.2 cm³/mol. The molecule has 16 heavy (non-hydrogen) atoms. The summed E-state index contributed by atoms with van der Waals surface area (Å²) in [4.78, 5) is 0. The van der Waals surface area contributed by atoms with Crippen molar-refractivity contribution >= 4 is 0 Å². The predicted octanol–water partition coefficient (Wildman–Crippen LogP) is 1.40. The Morgan fingerprint density at radius 1 is 1.50 bits per heavy atom. The molecule has 2 atom stereocenters. The van der Waals surface area contributed by atoms with Gasteiger partial charge in [0.05, 0.1) is 6.20 Å². The number of hydrogen-bond acceptors (Lipinski definition) is 3. The van der Waals surface area contributed by atoms with Gasteiger partial charge in [-0.2, -0.15) is 5.10 Å². The lowest BCUT2D eigenvalue weighted by molar-refractivity contribution is 0.258. The van der Waals surface area contributed by atoms with Crippen LogP contribution in [0.2, 0.25) is 0 Å². The average Bonchev–Trinajstić information content (AvgIpc) is 2.57.